The number of hydrogen-bond acceptors (Lipinski definition) is 3. The summed E-state index contributed by atoms with van der Waals surface area (Å²) in [6.45, 7) is 3.93. The fourth-order valence-electron chi connectivity index (χ4n) is 2.68. The van der Waals surface area contributed by atoms with Crippen molar-refractivity contribution >= 4 is 5.91 Å². The topological polar surface area (TPSA) is 58.6 Å². The van der Waals surface area contributed by atoms with E-state index in [0.717, 1.165) is 37.0 Å². The molecule has 1 saturated carbocycles. The van der Waals surface area contributed by atoms with Gasteiger partial charge < -0.3 is 15.2 Å². The highest BCUT2D eigenvalue weighted by atomic mass is 16.5. The van der Waals surface area contributed by atoms with E-state index in [1.54, 1.807) is 0 Å². The summed E-state index contributed by atoms with van der Waals surface area (Å²) in [5, 5.41) is 12.6. The average molecular weight is 291 g/mol. The second-order valence-electron chi connectivity index (χ2n) is 5.79. The molecule has 1 unspecified atom stereocenters. The summed E-state index contributed by atoms with van der Waals surface area (Å²) in [6.07, 6.45) is 3.18. The zero-order chi connectivity index (χ0) is 15.2. The van der Waals surface area contributed by atoms with Crippen molar-refractivity contribution in [3.8, 4) is 5.75 Å². The van der Waals surface area contributed by atoms with E-state index in [4.69, 9.17) is 4.74 Å². The summed E-state index contributed by atoms with van der Waals surface area (Å²) in [7, 11) is 0. The van der Waals surface area contributed by atoms with Crippen LogP contribution in [0.1, 0.15) is 44.6 Å². The number of nitrogens with one attached hydrogen (secondary N) is 1. The molecule has 1 aliphatic rings. The first-order valence-corrected chi connectivity index (χ1v) is 7.81. The van der Waals surface area contributed by atoms with Gasteiger partial charge in [-0.1, -0.05) is 25.1 Å². The van der Waals surface area contributed by atoms with E-state index >= 15 is 0 Å². The largest absolute Gasteiger partial charge is 0.480 e. The van der Waals surface area contributed by atoms with Crippen LogP contribution in [0.4, 0.5) is 0 Å². The Morgan fingerprint density at radius 2 is 2.00 bits per heavy atom. The first-order valence-electron chi connectivity index (χ1n) is 7.81. The number of benzene rings is 1. The Balaban J connectivity index is 1.91. The van der Waals surface area contributed by atoms with E-state index < -0.39 is 6.10 Å². The number of aliphatic hydroxyl groups excluding tert-OH is 1. The van der Waals surface area contributed by atoms with Crippen molar-refractivity contribution in [2.75, 3.05) is 0 Å². The maximum Gasteiger partial charge on any atom is 0.261 e. The van der Waals surface area contributed by atoms with E-state index in [2.05, 4.69) is 5.32 Å². The lowest BCUT2D eigenvalue weighted by molar-refractivity contribution is -0.129. The van der Waals surface area contributed by atoms with Gasteiger partial charge in [0.05, 0.1) is 6.10 Å². The van der Waals surface area contributed by atoms with E-state index in [9.17, 15) is 9.90 Å². The van der Waals surface area contributed by atoms with Crippen molar-refractivity contribution in [3.05, 3.63) is 29.8 Å². The van der Waals surface area contributed by atoms with Crippen LogP contribution in [-0.2, 0) is 4.79 Å². The molecule has 1 aromatic carbocycles. The minimum atomic E-state index is -0.460. The van der Waals surface area contributed by atoms with E-state index in [0.29, 0.717) is 6.42 Å². The second kappa shape index (κ2) is 7.46. The van der Waals surface area contributed by atoms with Gasteiger partial charge in [-0.25, -0.2) is 0 Å². The van der Waals surface area contributed by atoms with Crippen molar-refractivity contribution in [3.63, 3.8) is 0 Å². The molecule has 4 heteroatoms. The molecule has 21 heavy (non-hydrogen) atoms. The highest BCUT2D eigenvalue weighted by Gasteiger charge is 2.25. The molecule has 0 aromatic heterocycles. The van der Waals surface area contributed by atoms with Gasteiger partial charge in [-0.15, -0.1) is 0 Å². The molecule has 0 spiro atoms. The molecule has 0 bridgehead atoms. The van der Waals surface area contributed by atoms with Gasteiger partial charge in [0, 0.05) is 6.04 Å². The Labute approximate surface area is 126 Å². The molecule has 1 aliphatic carbocycles. The van der Waals surface area contributed by atoms with E-state index in [1.807, 2.05) is 38.1 Å². The number of aliphatic hydroxyl groups is 1. The summed E-state index contributed by atoms with van der Waals surface area (Å²) in [4.78, 5) is 12.3. The highest BCUT2D eigenvalue weighted by molar-refractivity contribution is 5.81. The van der Waals surface area contributed by atoms with Gasteiger partial charge in [-0.3, -0.25) is 4.79 Å². The van der Waals surface area contributed by atoms with Crippen molar-refractivity contribution in [2.45, 2.75) is 64.2 Å². The van der Waals surface area contributed by atoms with Crippen LogP contribution in [0.15, 0.2) is 24.3 Å². The summed E-state index contributed by atoms with van der Waals surface area (Å²) < 4.78 is 5.86. The Morgan fingerprint density at radius 3 is 2.62 bits per heavy atom. The summed E-state index contributed by atoms with van der Waals surface area (Å²) in [6, 6.07) is 7.90. The zero-order valence-corrected chi connectivity index (χ0v) is 12.8. The van der Waals surface area contributed by atoms with Gasteiger partial charge >= 0.3 is 0 Å². The zero-order valence-electron chi connectivity index (χ0n) is 12.8. The van der Waals surface area contributed by atoms with Crippen LogP contribution in [0.25, 0.3) is 0 Å². The molecule has 1 amide bonds. The fraction of sp³-hybridized carbons (Fsp3) is 0.588. The lowest BCUT2D eigenvalue weighted by Crippen LogP contribution is -2.45. The molecule has 116 valence electrons. The first-order chi connectivity index (χ1) is 10.1. The summed E-state index contributed by atoms with van der Waals surface area (Å²) in [5.74, 6) is 0.709. The van der Waals surface area contributed by atoms with Crippen LogP contribution in [-0.4, -0.2) is 29.3 Å². The van der Waals surface area contributed by atoms with Crippen molar-refractivity contribution in [2.24, 2.45) is 0 Å². The molecule has 0 aliphatic heterocycles. The van der Waals surface area contributed by atoms with E-state index in [-0.39, 0.29) is 18.1 Å². The maximum atomic E-state index is 12.3. The lowest BCUT2D eigenvalue weighted by Gasteiger charge is -2.28. The predicted molar refractivity (Wildman–Crippen MR) is 82.3 cm³/mol. The lowest BCUT2D eigenvalue weighted by atomic mass is 9.93. The molecule has 1 atom stereocenters. The minimum absolute atomic E-state index is 0.0536. The second-order valence-corrected chi connectivity index (χ2v) is 5.79. The number of rotatable bonds is 5. The predicted octanol–water partition coefficient (Wildman–Crippen LogP) is 2.57. The number of carbonyl (C=O) groups excluding carboxylic acids is 1. The molecule has 0 saturated heterocycles. The summed E-state index contributed by atoms with van der Waals surface area (Å²) in [5.41, 5.74) is 1.03. The van der Waals surface area contributed by atoms with Gasteiger partial charge in [0.2, 0.25) is 0 Å². The van der Waals surface area contributed by atoms with Crippen LogP contribution < -0.4 is 10.1 Å². The van der Waals surface area contributed by atoms with Crippen molar-refractivity contribution in [1.29, 1.82) is 0 Å². The van der Waals surface area contributed by atoms with Crippen molar-refractivity contribution < 1.29 is 14.6 Å². The van der Waals surface area contributed by atoms with Gasteiger partial charge in [-0.2, -0.15) is 0 Å². The first kappa shape index (κ1) is 15.8. The molecule has 2 N–H and O–H groups in total. The van der Waals surface area contributed by atoms with Crippen LogP contribution >= 0.6 is 0 Å². The van der Waals surface area contributed by atoms with Crippen LogP contribution in [0.2, 0.25) is 0 Å². The number of para-hydroxylation sites is 1. The quantitative estimate of drug-likeness (QED) is 0.876. The number of amides is 1. The smallest absolute Gasteiger partial charge is 0.261 e. The third-order valence-corrected chi connectivity index (χ3v) is 4.07. The highest BCUT2D eigenvalue weighted by Crippen LogP contribution is 2.21. The number of ether oxygens (including phenoxy) is 1. The van der Waals surface area contributed by atoms with Crippen LogP contribution in [0.3, 0.4) is 0 Å². The molecule has 0 heterocycles. The number of aryl methyl sites for hydroxylation is 1. The molecule has 1 aromatic rings. The van der Waals surface area contributed by atoms with Crippen LogP contribution in [0.5, 0.6) is 5.75 Å². The Hall–Kier alpha value is -1.55. The summed E-state index contributed by atoms with van der Waals surface area (Å²) >= 11 is 0. The average Bonchev–Trinajstić information content (AvgIpc) is 2.48. The van der Waals surface area contributed by atoms with Crippen LogP contribution in [0, 0.1) is 6.92 Å². The Kier molecular flexibility index (Phi) is 5.62. The number of carbonyl (C=O) groups is 1. The van der Waals surface area contributed by atoms with Gasteiger partial charge in [0.15, 0.2) is 6.10 Å². The van der Waals surface area contributed by atoms with Gasteiger partial charge in [-0.05, 0) is 50.7 Å². The number of hydrogen-bond donors (Lipinski definition) is 2. The standard InChI is InChI=1S/C17H25NO3/c1-3-15(21-16-7-5-4-6-12(16)2)17(20)18-13-8-10-14(19)11-9-13/h4-7,13-15,19H,3,8-11H2,1-2H3,(H,18,20). The Bertz CT molecular complexity index is 467. The normalized spacial score (nSPS) is 23.4. The molecule has 4 nitrogen and oxygen atoms in total. The van der Waals surface area contributed by atoms with Gasteiger partial charge in [0.25, 0.3) is 5.91 Å². The maximum absolute atomic E-state index is 12.3. The molecule has 2 rings (SSSR count). The molecular formula is C17H25NO3. The SMILES string of the molecule is CCC(Oc1ccccc1C)C(=O)NC1CCC(O)CC1. The third kappa shape index (κ3) is 4.46. The Morgan fingerprint density at radius 1 is 1.33 bits per heavy atom. The minimum Gasteiger partial charge on any atom is -0.480 e. The monoisotopic (exact) mass is 291 g/mol. The fourth-order valence-corrected chi connectivity index (χ4v) is 2.68. The molecule has 0 radical (unpaired) electrons. The molecule has 1 fully saturated rings. The van der Waals surface area contributed by atoms with Crippen molar-refractivity contribution in [1.82, 2.24) is 5.32 Å². The van der Waals surface area contributed by atoms with E-state index in [1.165, 1.54) is 0 Å². The molecular weight excluding hydrogens is 266 g/mol. The third-order valence-electron chi connectivity index (χ3n) is 4.07. The van der Waals surface area contributed by atoms with Gasteiger partial charge in [0.1, 0.15) is 5.75 Å².